The van der Waals surface area contributed by atoms with Gasteiger partial charge in [-0.15, -0.1) is 0 Å². The Morgan fingerprint density at radius 1 is 1.54 bits per heavy atom. The Kier molecular flexibility index (Phi) is 5.85. The molecule has 0 unspecified atom stereocenters. The van der Waals surface area contributed by atoms with Gasteiger partial charge in [-0.2, -0.15) is 0 Å². The van der Waals surface area contributed by atoms with Crippen molar-refractivity contribution in [3.05, 3.63) is 11.6 Å². The van der Waals surface area contributed by atoms with E-state index in [0.29, 0.717) is 27.8 Å². The number of hydrogen-bond acceptors (Lipinski definition) is 2. The number of nitrogens with zero attached hydrogens (tertiary/aromatic N) is 2. The molecule has 0 bridgehead atoms. The Hall–Kier alpha value is -0.458. The SMILES string of the molecule is [B]C(=[B])C(/C=C(\C)C(F)=[N][AlH2])=NC. The summed E-state index contributed by atoms with van der Waals surface area (Å²) < 4.78 is 16.4. The fraction of sp³-hybridized carbons (Fsp3) is 0.286. The number of rotatable bonds is 3. The van der Waals surface area contributed by atoms with E-state index < -0.39 is 5.97 Å². The summed E-state index contributed by atoms with van der Waals surface area (Å²) in [6, 6.07) is 0. The second kappa shape index (κ2) is 6.07. The average Bonchev–Trinajstić information content (AvgIpc) is 2.11. The van der Waals surface area contributed by atoms with Gasteiger partial charge in [-0.1, -0.05) is 0 Å². The van der Waals surface area contributed by atoms with E-state index in [0.717, 1.165) is 0 Å². The maximum atomic E-state index is 12.9. The molecule has 2 nitrogen and oxygen atoms in total. The molecule has 0 aromatic heterocycles. The number of allylic oxidation sites excluding steroid dienone is 2. The minimum absolute atomic E-state index is 0.0722. The first-order valence-electron chi connectivity index (χ1n) is 3.69. The van der Waals surface area contributed by atoms with E-state index in [-0.39, 0.29) is 5.36 Å². The Balaban J connectivity index is 4.84. The van der Waals surface area contributed by atoms with Crippen LogP contribution < -0.4 is 0 Å². The number of halogens is 1. The van der Waals surface area contributed by atoms with Crippen LogP contribution in [-0.2, 0) is 0 Å². The zero-order chi connectivity index (χ0) is 10.4. The van der Waals surface area contributed by atoms with Crippen molar-refractivity contribution in [3.63, 3.8) is 0 Å². The minimum atomic E-state index is -0.492. The summed E-state index contributed by atoms with van der Waals surface area (Å²) in [7, 11) is 12.1. The van der Waals surface area contributed by atoms with Crippen molar-refractivity contribution >= 4 is 48.9 Å². The summed E-state index contributed by atoms with van der Waals surface area (Å²) >= 11 is 0.432. The first kappa shape index (κ1) is 12.5. The van der Waals surface area contributed by atoms with E-state index in [9.17, 15) is 4.39 Å². The van der Waals surface area contributed by atoms with E-state index in [1.807, 2.05) is 0 Å². The van der Waals surface area contributed by atoms with E-state index in [1.54, 1.807) is 6.92 Å². The van der Waals surface area contributed by atoms with Crippen LogP contribution in [0.25, 0.3) is 0 Å². The van der Waals surface area contributed by atoms with Gasteiger partial charge in [0.1, 0.15) is 0 Å². The van der Waals surface area contributed by atoms with Gasteiger partial charge in [-0.25, -0.2) is 0 Å². The van der Waals surface area contributed by atoms with Crippen molar-refractivity contribution < 1.29 is 4.39 Å². The predicted octanol–water partition coefficient (Wildman–Crippen LogP) is -0.613. The van der Waals surface area contributed by atoms with Gasteiger partial charge in [0.2, 0.25) is 0 Å². The van der Waals surface area contributed by atoms with Crippen LogP contribution in [-0.4, -0.2) is 55.9 Å². The van der Waals surface area contributed by atoms with Crippen molar-refractivity contribution in [1.82, 2.24) is 0 Å². The molecule has 13 heavy (non-hydrogen) atoms. The van der Waals surface area contributed by atoms with E-state index in [2.05, 4.69) is 8.97 Å². The van der Waals surface area contributed by atoms with Crippen LogP contribution in [0.4, 0.5) is 4.39 Å². The summed E-state index contributed by atoms with van der Waals surface area (Å²) in [5.41, 5.74) is 0.752. The predicted molar refractivity (Wildman–Crippen MR) is 60.7 cm³/mol. The molecule has 0 N–H and O–H groups in total. The molecule has 0 saturated heterocycles. The van der Waals surface area contributed by atoms with Crippen molar-refractivity contribution in [2.45, 2.75) is 6.92 Å². The molecule has 0 rings (SSSR count). The van der Waals surface area contributed by atoms with Crippen molar-refractivity contribution in [3.8, 4) is 0 Å². The fourth-order valence-electron chi connectivity index (χ4n) is 0.718. The molecule has 63 valence electrons. The third-order valence-corrected chi connectivity index (χ3v) is 1.80. The van der Waals surface area contributed by atoms with E-state index in [4.69, 9.17) is 15.3 Å². The van der Waals surface area contributed by atoms with Crippen LogP contribution in [0.5, 0.6) is 0 Å². The molecule has 0 fully saturated rings. The Morgan fingerprint density at radius 3 is 2.38 bits per heavy atom. The molecule has 0 aromatic carbocycles. The second-order valence-corrected chi connectivity index (χ2v) is 2.85. The maximum absolute atomic E-state index is 12.9. The fourth-order valence-corrected chi connectivity index (χ4v) is 1.07. The molecule has 0 atom stereocenters. The molecule has 6 heteroatoms. The molecule has 0 heterocycles. The molecule has 3 radical (unpaired) electrons. The molecular weight excluding hydrogens is 180 g/mol. The molecule has 0 saturated carbocycles. The monoisotopic (exact) mass is 189 g/mol. The van der Waals surface area contributed by atoms with Gasteiger partial charge in [0, 0.05) is 0 Å². The van der Waals surface area contributed by atoms with Crippen LogP contribution in [0, 0.1) is 0 Å². The molecule has 0 aliphatic heterocycles. The standard InChI is InChI=1S/C7H7B2FN2.Al.2H/c1-4(7(10)11)3-5(12-2)6(8)9;;;/h3H,1-2H3;;;/q-1;+1;;/b4-3+,12-5?;;;. The van der Waals surface area contributed by atoms with Crippen molar-refractivity contribution in [2.24, 2.45) is 8.97 Å². The summed E-state index contributed by atoms with van der Waals surface area (Å²) in [4.78, 5) is 3.79. The van der Waals surface area contributed by atoms with Gasteiger partial charge in [0.05, 0.1) is 0 Å². The first-order valence-corrected chi connectivity index (χ1v) is 4.58. The Labute approximate surface area is 88.2 Å². The third kappa shape index (κ3) is 4.35. The van der Waals surface area contributed by atoms with Gasteiger partial charge in [-0.3, -0.25) is 0 Å². The molecule has 0 aliphatic rings. The molecular formula is C7H9AlB2FN2. The summed E-state index contributed by atoms with van der Waals surface area (Å²) in [5, 5.41) is 0.0722. The first-order chi connectivity index (χ1) is 6.02. The Bertz CT molecular complexity index is 297. The second-order valence-electron chi connectivity index (χ2n) is 2.41. The van der Waals surface area contributed by atoms with Gasteiger partial charge in [-0.05, 0) is 0 Å². The van der Waals surface area contributed by atoms with Crippen LogP contribution in [0.1, 0.15) is 6.92 Å². The molecule has 0 amide bonds. The third-order valence-electron chi connectivity index (χ3n) is 1.41. The van der Waals surface area contributed by atoms with Crippen LogP contribution in [0.3, 0.4) is 0 Å². The zero-order valence-electron chi connectivity index (χ0n) is 8.00. The van der Waals surface area contributed by atoms with Crippen molar-refractivity contribution in [1.29, 1.82) is 0 Å². The van der Waals surface area contributed by atoms with Crippen LogP contribution >= 0.6 is 0 Å². The van der Waals surface area contributed by atoms with Gasteiger partial charge < -0.3 is 0 Å². The summed E-state index contributed by atoms with van der Waals surface area (Å²) in [6.07, 6.45) is 1.46. The average molecular weight is 189 g/mol. The van der Waals surface area contributed by atoms with Crippen LogP contribution in [0.2, 0.25) is 0 Å². The topological polar surface area (TPSA) is 24.7 Å². The van der Waals surface area contributed by atoms with E-state index >= 15 is 0 Å². The van der Waals surface area contributed by atoms with Gasteiger partial charge in [0.25, 0.3) is 0 Å². The number of aliphatic imine (C=N–C) groups is 1. The van der Waals surface area contributed by atoms with Gasteiger partial charge >= 0.3 is 87.9 Å². The van der Waals surface area contributed by atoms with Crippen molar-refractivity contribution in [2.75, 3.05) is 7.05 Å². The quantitative estimate of drug-likeness (QED) is 0.417. The zero-order valence-corrected chi connectivity index (χ0v) is 10.0. The van der Waals surface area contributed by atoms with E-state index in [1.165, 1.54) is 13.1 Å². The molecule has 0 aromatic rings. The molecule has 0 aliphatic carbocycles. The number of hydrogen-bond donors (Lipinski definition) is 0. The summed E-state index contributed by atoms with van der Waals surface area (Å²) in [5.74, 6) is -0.492. The normalized spacial score (nSPS) is 14.5. The molecule has 0 spiro atoms. The Morgan fingerprint density at radius 2 is 2.08 bits per heavy atom. The van der Waals surface area contributed by atoms with Gasteiger partial charge in [0.15, 0.2) is 0 Å². The van der Waals surface area contributed by atoms with Crippen LogP contribution in [0.15, 0.2) is 20.6 Å². The summed E-state index contributed by atoms with van der Waals surface area (Å²) in [6.45, 7) is 1.59.